The van der Waals surface area contributed by atoms with Gasteiger partial charge in [0.05, 0.1) is 6.10 Å². The van der Waals surface area contributed by atoms with Crippen molar-refractivity contribution in [2.45, 2.75) is 26.4 Å². The van der Waals surface area contributed by atoms with Gasteiger partial charge in [0.1, 0.15) is 0 Å². The number of hydrogen-bond acceptors (Lipinski definition) is 1. The molecular weight excluding hydrogens is 183 g/mol. The van der Waals surface area contributed by atoms with Gasteiger partial charge in [0.2, 0.25) is 0 Å². The van der Waals surface area contributed by atoms with Gasteiger partial charge < -0.3 is 4.74 Å². The van der Waals surface area contributed by atoms with Gasteiger partial charge in [-0.1, -0.05) is 6.92 Å². The van der Waals surface area contributed by atoms with Gasteiger partial charge in [0.25, 0.3) is 0 Å². The Morgan fingerprint density at radius 2 is 1.82 bits per heavy atom. The Labute approximate surface area is 79.0 Å². The molecule has 0 N–H and O–H groups in total. The molecule has 0 radical (unpaired) electrons. The summed E-state index contributed by atoms with van der Waals surface area (Å²) in [6, 6.07) is 0. The molecule has 11 heavy (non-hydrogen) atoms. The predicted octanol–water partition coefficient (Wildman–Crippen LogP) is 2.90. The summed E-state index contributed by atoms with van der Waals surface area (Å²) < 4.78 is 5.13. The first-order valence-electron chi connectivity index (χ1n) is 3.72. The average molecular weight is 199 g/mol. The van der Waals surface area contributed by atoms with E-state index in [1.54, 1.807) is 7.11 Å². The first-order chi connectivity index (χ1) is 5.08. The van der Waals surface area contributed by atoms with Crippen LogP contribution in [0.25, 0.3) is 0 Å². The zero-order chi connectivity index (χ0) is 8.91. The third-order valence-corrected chi connectivity index (χ3v) is 3.12. The molecule has 0 aromatic carbocycles. The van der Waals surface area contributed by atoms with Crippen LogP contribution in [0.15, 0.2) is 0 Å². The highest BCUT2D eigenvalue weighted by Crippen LogP contribution is 2.27. The van der Waals surface area contributed by atoms with E-state index in [1.165, 1.54) is 0 Å². The second kappa shape index (κ2) is 5.23. The van der Waals surface area contributed by atoms with E-state index < -0.39 is 0 Å². The maximum atomic E-state index is 5.77. The molecule has 0 aliphatic carbocycles. The smallest absolute Gasteiger partial charge is 0.0549 e. The fourth-order valence-electron chi connectivity index (χ4n) is 0.922. The number of methoxy groups -OCH3 is 1. The molecule has 0 aliphatic heterocycles. The standard InChI is InChI=1S/C8H16Cl2O/c1-7(11-3)4-8(2,5-9)6-10/h7H,4-6H2,1-3H3. The van der Waals surface area contributed by atoms with Crippen LogP contribution in [0.2, 0.25) is 0 Å². The van der Waals surface area contributed by atoms with Crippen molar-refractivity contribution in [3.8, 4) is 0 Å². The summed E-state index contributed by atoms with van der Waals surface area (Å²) in [6.07, 6.45) is 1.15. The van der Waals surface area contributed by atoms with Gasteiger partial charge in [0, 0.05) is 18.9 Å². The quantitative estimate of drug-likeness (QED) is 0.618. The second-order valence-corrected chi connectivity index (χ2v) is 3.86. The minimum Gasteiger partial charge on any atom is -0.382 e. The first-order valence-corrected chi connectivity index (χ1v) is 4.79. The molecule has 0 rings (SSSR count). The number of rotatable bonds is 5. The molecule has 0 heterocycles. The van der Waals surface area contributed by atoms with Gasteiger partial charge in [-0.05, 0) is 18.8 Å². The molecular formula is C8H16Cl2O. The molecule has 0 saturated heterocycles. The topological polar surface area (TPSA) is 9.23 Å². The third kappa shape index (κ3) is 4.19. The zero-order valence-electron chi connectivity index (χ0n) is 7.36. The van der Waals surface area contributed by atoms with E-state index in [4.69, 9.17) is 27.9 Å². The maximum Gasteiger partial charge on any atom is 0.0549 e. The molecule has 1 unspecified atom stereocenters. The van der Waals surface area contributed by atoms with Crippen LogP contribution in [-0.2, 0) is 4.74 Å². The number of alkyl halides is 2. The molecule has 0 aromatic heterocycles. The van der Waals surface area contributed by atoms with Crippen molar-refractivity contribution in [3.05, 3.63) is 0 Å². The van der Waals surface area contributed by atoms with Crippen LogP contribution >= 0.6 is 23.2 Å². The van der Waals surface area contributed by atoms with Crippen molar-refractivity contribution >= 4 is 23.2 Å². The highest BCUT2D eigenvalue weighted by atomic mass is 35.5. The fourth-order valence-corrected chi connectivity index (χ4v) is 1.43. The van der Waals surface area contributed by atoms with E-state index in [9.17, 15) is 0 Å². The summed E-state index contributed by atoms with van der Waals surface area (Å²) in [7, 11) is 1.70. The Morgan fingerprint density at radius 3 is 2.09 bits per heavy atom. The van der Waals surface area contributed by atoms with Gasteiger partial charge in [-0.2, -0.15) is 0 Å². The number of ether oxygens (including phenoxy) is 1. The van der Waals surface area contributed by atoms with Crippen LogP contribution in [0, 0.1) is 5.41 Å². The van der Waals surface area contributed by atoms with Crippen molar-refractivity contribution in [1.82, 2.24) is 0 Å². The lowest BCUT2D eigenvalue weighted by atomic mass is 9.89. The number of hydrogen-bond donors (Lipinski definition) is 0. The molecule has 68 valence electrons. The largest absolute Gasteiger partial charge is 0.382 e. The van der Waals surface area contributed by atoms with Gasteiger partial charge in [-0.25, -0.2) is 0 Å². The molecule has 0 amide bonds. The van der Waals surface area contributed by atoms with E-state index in [2.05, 4.69) is 6.92 Å². The Bertz CT molecular complexity index is 102. The van der Waals surface area contributed by atoms with Crippen LogP contribution in [0.1, 0.15) is 20.3 Å². The molecule has 3 heteroatoms. The monoisotopic (exact) mass is 198 g/mol. The molecule has 0 spiro atoms. The van der Waals surface area contributed by atoms with Gasteiger partial charge >= 0.3 is 0 Å². The van der Waals surface area contributed by atoms with E-state index in [1.807, 2.05) is 6.92 Å². The highest BCUT2D eigenvalue weighted by Gasteiger charge is 2.24. The van der Waals surface area contributed by atoms with Gasteiger partial charge in [-0.3, -0.25) is 0 Å². The van der Waals surface area contributed by atoms with Crippen molar-refractivity contribution < 1.29 is 4.74 Å². The Kier molecular flexibility index (Phi) is 5.49. The SMILES string of the molecule is COC(C)CC(C)(CCl)CCl. The van der Waals surface area contributed by atoms with E-state index >= 15 is 0 Å². The van der Waals surface area contributed by atoms with Crippen LogP contribution in [0.4, 0.5) is 0 Å². The Hall–Kier alpha value is 0.540. The van der Waals surface area contributed by atoms with Crippen molar-refractivity contribution in [2.75, 3.05) is 18.9 Å². The molecule has 0 fully saturated rings. The lowest BCUT2D eigenvalue weighted by Crippen LogP contribution is -2.26. The molecule has 0 aliphatic rings. The predicted molar refractivity (Wildman–Crippen MR) is 50.6 cm³/mol. The minimum atomic E-state index is 0.0124. The molecule has 1 nitrogen and oxygen atoms in total. The highest BCUT2D eigenvalue weighted by molar-refractivity contribution is 6.21. The van der Waals surface area contributed by atoms with Crippen LogP contribution < -0.4 is 0 Å². The molecule has 0 aromatic rings. The summed E-state index contributed by atoms with van der Waals surface area (Å²) in [5.41, 5.74) is 0.0124. The molecule has 1 atom stereocenters. The van der Waals surface area contributed by atoms with E-state index in [0.717, 1.165) is 6.42 Å². The second-order valence-electron chi connectivity index (χ2n) is 3.33. The minimum absolute atomic E-state index is 0.0124. The summed E-state index contributed by atoms with van der Waals surface area (Å²) in [4.78, 5) is 0. The fraction of sp³-hybridized carbons (Fsp3) is 1.00. The van der Waals surface area contributed by atoms with Gasteiger partial charge in [-0.15, -0.1) is 23.2 Å². The normalized spacial score (nSPS) is 15.0. The van der Waals surface area contributed by atoms with Crippen LogP contribution in [0.5, 0.6) is 0 Å². The van der Waals surface area contributed by atoms with E-state index in [-0.39, 0.29) is 11.5 Å². The van der Waals surface area contributed by atoms with Crippen LogP contribution in [-0.4, -0.2) is 25.0 Å². The van der Waals surface area contributed by atoms with Gasteiger partial charge in [0.15, 0.2) is 0 Å². The Balaban J connectivity index is 3.86. The van der Waals surface area contributed by atoms with E-state index in [0.29, 0.717) is 11.8 Å². The summed E-state index contributed by atoms with van der Waals surface area (Å²) in [5.74, 6) is 1.18. The zero-order valence-corrected chi connectivity index (χ0v) is 8.87. The maximum absolute atomic E-state index is 5.77. The molecule has 0 bridgehead atoms. The summed E-state index contributed by atoms with van der Waals surface area (Å²) in [6.45, 7) is 4.10. The average Bonchev–Trinajstić information content (AvgIpc) is 2.04. The Morgan fingerprint density at radius 1 is 1.36 bits per heavy atom. The van der Waals surface area contributed by atoms with Crippen molar-refractivity contribution in [1.29, 1.82) is 0 Å². The lowest BCUT2D eigenvalue weighted by molar-refractivity contribution is 0.0823. The summed E-state index contributed by atoms with van der Waals surface area (Å²) >= 11 is 11.5. The first kappa shape index (κ1) is 11.5. The third-order valence-electron chi connectivity index (χ3n) is 1.83. The summed E-state index contributed by atoms with van der Waals surface area (Å²) in [5, 5.41) is 0. The molecule has 0 saturated carbocycles. The number of halogens is 2. The van der Waals surface area contributed by atoms with Crippen molar-refractivity contribution in [2.24, 2.45) is 5.41 Å². The van der Waals surface area contributed by atoms with Crippen LogP contribution in [0.3, 0.4) is 0 Å². The van der Waals surface area contributed by atoms with Crippen molar-refractivity contribution in [3.63, 3.8) is 0 Å². The lowest BCUT2D eigenvalue weighted by Gasteiger charge is -2.26.